The van der Waals surface area contributed by atoms with Crippen LogP contribution in [0.4, 0.5) is 11.5 Å². The molecule has 0 saturated heterocycles. The van der Waals surface area contributed by atoms with Crippen molar-refractivity contribution in [2.45, 2.75) is 52.1 Å². The zero-order valence-electron chi connectivity index (χ0n) is 18.6. The highest BCUT2D eigenvalue weighted by Gasteiger charge is 2.40. The predicted molar refractivity (Wildman–Crippen MR) is 122 cm³/mol. The molecule has 4 rings (SSSR count). The van der Waals surface area contributed by atoms with Crippen LogP contribution in [0.1, 0.15) is 57.6 Å². The van der Waals surface area contributed by atoms with Gasteiger partial charge in [0, 0.05) is 28.9 Å². The maximum atomic E-state index is 13.2. The van der Waals surface area contributed by atoms with E-state index in [1.807, 2.05) is 26.1 Å². The lowest BCUT2D eigenvalue weighted by atomic mass is 9.81. The molecule has 3 heterocycles. The first-order valence-electron chi connectivity index (χ1n) is 10.7. The van der Waals surface area contributed by atoms with Crippen LogP contribution in [0.15, 0.2) is 29.6 Å². The fraction of sp³-hybridized carbons (Fsp3) is 0.478. The van der Waals surface area contributed by atoms with Crippen molar-refractivity contribution >= 4 is 29.1 Å². The number of hydrogen-bond donors (Lipinski definition) is 2. The number of nitrogens with zero attached hydrogens (tertiary/aromatic N) is 2. The van der Waals surface area contributed by atoms with Crippen LogP contribution < -0.4 is 15.0 Å². The van der Waals surface area contributed by atoms with Crippen molar-refractivity contribution < 1.29 is 14.3 Å². The number of carbonyl (C=O) groups is 1. The fourth-order valence-corrected chi connectivity index (χ4v) is 4.78. The molecule has 0 amide bonds. The molecule has 0 spiro atoms. The third-order valence-electron chi connectivity index (χ3n) is 5.65. The number of halogens is 1. The van der Waals surface area contributed by atoms with Gasteiger partial charge in [0.25, 0.3) is 0 Å². The summed E-state index contributed by atoms with van der Waals surface area (Å²) < 4.78 is 12.0. The number of esters is 1. The number of nitrogens with one attached hydrogen (secondary N) is 2. The van der Waals surface area contributed by atoms with Gasteiger partial charge in [-0.15, -0.1) is 0 Å². The summed E-state index contributed by atoms with van der Waals surface area (Å²) >= 11 is 6.57. The first-order valence-corrected chi connectivity index (χ1v) is 11.1. The van der Waals surface area contributed by atoms with Crippen molar-refractivity contribution in [2.75, 3.05) is 30.4 Å². The summed E-state index contributed by atoms with van der Waals surface area (Å²) in [6.07, 6.45) is 3.33. The van der Waals surface area contributed by atoms with Crippen molar-refractivity contribution in [2.24, 2.45) is 0 Å². The summed E-state index contributed by atoms with van der Waals surface area (Å²) in [4.78, 5) is 15.4. The Morgan fingerprint density at radius 3 is 2.84 bits per heavy atom. The first kappa shape index (κ1) is 21.6. The summed E-state index contributed by atoms with van der Waals surface area (Å²) in [6, 6.07) is 3.80. The highest BCUT2D eigenvalue weighted by atomic mass is 35.5. The summed E-state index contributed by atoms with van der Waals surface area (Å²) in [5.41, 5.74) is 3.63. The second kappa shape index (κ2) is 8.11. The van der Waals surface area contributed by atoms with Gasteiger partial charge < -0.3 is 19.7 Å². The molecule has 2 aromatic rings. The summed E-state index contributed by atoms with van der Waals surface area (Å²) in [6.45, 7) is 9.03. The largest absolute Gasteiger partial charge is 0.484 e. The van der Waals surface area contributed by atoms with E-state index >= 15 is 0 Å². The maximum absolute atomic E-state index is 13.2. The van der Waals surface area contributed by atoms with Gasteiger partial charge in [0.1, 0.15) is 17.2 Å². The van der Waals surface area contributed by atoms with Gasteiger partial charge >= 0.3 is 5.97 Å². The van der Waals surface area contributed by atoms with Gasteiger partial charge in [-0.05, 0) is 39.3 Å². The van der Waals surface area contributed by atoms with Crippen LogP contribution >= 0.6 is 11.6 Å². The number of fused-ring (bicyclic) bond motifs is 2. The Bertz CT molecular complexity index is 1040. The Balaban J connectivity index is 1.98. The van der Waals surface area contributed by atoms with Crippen molar-refractivity contribution in [3.63, 3.8) is 0 Å². The molecule has 1 aromatic heterocycles. The maximum Gasteiger partial charge on any atom is 0.336 e. The van der Waals surface area contributed by atoms with Crippen LogP contribution in [0.25, 0.3) is 0 Å². The number of aromatic amines is 1. The van der Waals surface area contributed by atoms with Crippen LogP contribution in [-0.4, -0.2) is 42.0 Å². The lowest BCUT2D eigenvalue weighted by molar-refractivity contribution is -0.138. The van der Waals surface area contributed by atoms with Crippen molar-refractivity contribution in [3.05, 3.63) is 45.7 Å². The van der Waals surface area contributed by atoms with E-state index < -0.39 is 11.5 Å². The topological polar surface area (TPSA) is 79.5 Å². The number of carbonyl (C=O) groups excluding carboxylic acids is 1. The molecule has 1 unspecified atom stereocenters. The van der Waals surface area contributed by atoms with Crippen LogP contribution in [0, 0.1) is 0 Å². The van der Waals surface area contributed by atoms with Gasteiger partial charge in [-0.1, -0.05) is 24.9 Å². The molecular weight excluding hydrogens is 416 g/mol. The molecule has 1 aromatic carbocycles. The average molecular weight is 445 g/mol. The standard InChI is InChI=1S/C23H29ClN4O3/c1-6-8-16-19(22(29)30-7-2)18(15-11-25-27-21(15)26-16)14-9-13(24)10-17-20(14)31-23(3,4)12-28(17)5/h9-11,18H,6-8,12H2,1-5H3,(H2,25,26,27). The van der Waals surface area contributed by atoms with Crippen LogP contribution in [0.2, 0.25) is 5.02 Å². The summed E-state index contributed by atoms with van der Waals surface area (Å²) in [5.74, 6) is 0.760. The zero-order chi connectivity index (χ0) is 22.3. The minimum Gasteiger partial charge on any atom is -0.484 e. The molecule has 7 nitrogen and oxygen atoms in total. The number of anilines is 2. The molecule has 0 saturated carbocycles. The molecule has 0 radical (unpaired) electrons. The Hall–Kier alpha value is -2.67. The molecule has 0 aliphatic carbocycles. The van der Waals surface area contributed by atoms with Crippen LogP contribution in [0.5, 0.6) is 5.75 Å². The van der Waals surface area contributed by atoms with E-state index in [2.05, 4.69) is 41.2 Å². The smallest absolute Gasteiger partial charge is 0.336 e. The quantitative estimate of drug-likeness (QED) is 0.642. The summed E-state index contributed by atoms with van der Waals surface area (Å²) in [5, 5.41) is 11.2. The lowest BCUT2D eigenvalue weighted by Crippen LogP contribution is -2.45. The van der Waals surface area contributed by atoms with E-state index in [0.29, 0.717) is 23.6 Å². The molecule has 2 aliphatic rings. The average Bonchev–Trinajstić information content (AvgIpc) is 3.15. The van der Waals surface area contributed by atoms with Crippen LogP contribution in [-0.2, 0) is 9.53 Å². The van der Waals surface area contributed by atoms with Gasteiger partial charge in [-0.3, -0.25) is 5.10 Å². The van der Waals surface area contributed by atoms with Gasteiger partial charge in [0.2, 0.25) is 0 Å². The predicted octanol–water partition coefficient (Wildman–Crippen LogP) is 4.85. The number of likely N-dealkylation sites (N-methyl/N-ethyl adjacent to an activating group) is 1. The molecule has 0 fully saturated rings. The monoisotopic (exact) mass is 444 g/mol. The number of rotatable bonds is 5. The van der Waals surface area contributed by atoms with E-state index in [0.717, 1.165) is 47.0 Å². The molecule has 31 heavy (non-hydrogen) atoms. The van der Waals surface area contributed by atoms with E-state index in [1.54, 1.807) is 6.20 Å². The summed E-state index contributed by atoms with van der Waals surface area (Å²) in [7, 11) is 2.03. The normalized spacial score (nSPS) is 19.3. The minimum atomic E-state index is -0.412. The van der Waals surface area contributed by atoms with Crippen molar-refractivity contribution in [1.29, 1.82) is 0 Å². The molecule has 0 bridgehead atoms. The van der Waals surface area contributed by atoms with Gasteiger partial charge in [-0.25, -0.2) is 4.79 Å². The van der Waals surface area contributed by atoms with Gasteiger partial charge in [-0.2, -0.15) is 5.10 Å². The second-order valence-electron chi connectivity index (χ2n) is 8.68. The number of benzene rings is 1. The number of H-pyrrole nitrogens is 1. The highest BCUT2D eigenvalue weighted by molar-refractivity contribution is 6.31. The zero-order valence-corrected chi connectivity index (χ0v) is 19.4. The Labute approximate surface area is 187 Å². The molecule has 8 heteroatoms. The molecule has 1 atom stereocenters. The Morgan fingerprint density at radius 1 is 1.35 bits per heavy atom. The van der Waals surface area contributed by atoms with Gasteiger partial charge in [0.05, 0.1) is 36.5 Å². The molecule has 2 N–H and O–H groups in total. The fourth-order valence-electron chi connectivity index (χ4n) is 4.56. The van der Waals surface area contributed by atoms with Crippen molar-refractivity contribution in [3.8, 4) is 5.75 Å². The number of hydrogen-bond acceptors (Lipinski definition) is 6. The highest BCUT2D eigenvalue weighted by Crippen LogP contribution is 2.50. The van der Waals surface area contributed by atoms with E-state index in [1.165, 1.54) is 0 Å². The van der Waals surface area contributed by atoms with Crippen LogP contribution in [0.3, 0.4) is 0 Å². The van der Waals surface area contributed by atoms with E-state index in [4.69, 9.17) is 21.1 Å². The number of allylic oxidation sites excluding steroid dienone is 1. The Kier molecular flexibility index (Phi) is 5.64. The number of aromatic nitrogens is 2. The van der Waals surface area contributed by atoms with E-state index in [9.17, 15) is 4.79 Å². The number of ether oxygens (including phenoxy) is 2. The third-order valence-corrected chi connectivity index (χ3v) is 5.86. The molecule has 166 valence electrons. The third kappa shape index (κ3) is 3.87. The van der Waals surface area contributed by atoms with Gasteiger partial charge in [0.15, 0.2) is 0 Å². The lowest BCUT2D eigenvalue weighted by Gasteiger charge is -2.41. The molecule has 2 aliphatic heterocycles. The minimum absolute atomic E-state index is 0.298. The van der Waals surface area contributed by atoms with E-state index in [-0.39, 0.29) is 5.97 Å². The Morgan fingerprint density at radius 2 is 2.13 bits per heavy atom. The molecular formula is C23H29ClN4O3. The first-order chi connectivity index (χ1) is 14.8. The second-order valence-corrected chi connectivity index (χ2v) is 9.12. The van der Waals surface area contributed by atoms with Crippen molar-refractivity contribution in [1.82, 2.24) is 10.2 Å². The SMILES string of the molecule is CCCC1=C(C(=O)OCC)C(c2cc(Cl)cc3c2OC(C)(C)CN3C)c2cn[nH]c2N1.